The van der Waals surface area contributed by atoms with E-state index >= 15 is 0 Å². The van der Waals surface area contributed by atoms with Crippen molar-refractivity contribution in [3.8, 4) is 11.5 Å². The average Bonchev–Trinajstić information content (AvgIpc) is 3.24. The summed E-state index contributed by atoms with van der Waals surface area (Å²) in [6.07, 6.45) is 5.22. The van der Waals surface area contributed by atoms with Crippen LogP contribution in [0.4, 0.5) is 0 Å². The third-order valence-corrected chi connectivity index (χ3v) is 5.51. The fraction of sp³-hybridized carbons (Fsp3) is 0.381. The summed E-state index contributed by atoms with van der Waals surface area (Å²) in [5.74, 6) is 1.33. The molecule has 0 saturated carbocycles. The van der Waals surface area contributed by atoms with E-state index in [0.29, 0.717) is 31.3 Å². The highest BCUT2D eigenvalue weighted by Gasteiger charge is 2.25. The third-order valence-electron chi connectivity index (χ3n) is 4.65. The van der Waals surface area contributed by atoms with Gasteiger partial charge in [-0.3, -0.25) is 4.79 Å². The van der Waals surface area contributed by atoms with Crippen LogP contribution in [0.3, 0.4) is 0 Å². The molecule has 1 fully saturated rings. The Labute approximate surface area is 164 Å². The second-order valence-corrected chi connectivity index (χ2v) is 7.37. The number of hydrogen-bond acceptors (Lipinski definition) is 5. The molecule has 0 radical (unpaired) electrons. The number of methoxy groups -OCH3 is 2. The van der Waals surface area contributed by atoms with Gasteiger partial charge < -0.3 is 19.1 Å². The Balaban J connectivity index is 1.75. The molecule has 0 atom stereocenters. The van der Waals surface area contributed by atoms with Crippen molar-refractivity contribution in [1.82, 2.24) is 4.90 Å². The predicted octanol–water partition coefficient (Wildman–Crippen LogP) is 3.99. The lowest BCUT2D eigenvalue weighted by molar-refractivity contribution is -0.130. The van der Waals surface area contributed by atoms with Gasteiger partial charge in [-0.2, -0.15) is 0 Å². The highest BCUT2D eigenvalue weighted by molar-refractivity contribution is 7.09. The van der Waals surface area contributed by atoms with Crippen LogP contribution in [0.25, 0.3) is 6.08 Å². The van der Waals surface area contributed by atoms with Crippen LogP contribution in [0.1, 0.15) is 23.3 Å². The van der Waals surface area contributed by atoms with E-state index in [-0.39, 0.29) is 11.9 Å². The van der Waals surface area contributed by atoms with E-state index in [4.69, 9.17) is 14.2 Å². The molecule has 2 aromatic rings. The van der Waals surface area contributed by atoms with E-state index in [9.17, 15) is 4.79 Å². The maximum Gasteiger partial charge on any atom is 0.247 e. The van der Waals surface area contributed by atoms with Crippen LogP contribution in [0.15, 0.2) is 41.8 Å². The van der Waals surface area contributed by atoms with Crippen molar-refractivity contribution in [3.05, 3.63) is 52.2 Å². The Morgan fingerprint density at radius 3 is 2.67 bits per heavy atom. The van der Waals surface area contributed by atoms with Gasteiger partial charge in [-0.05, 0) is 48.1 Å². The summed E-state index contributed by atoms with van der Waals surface area (Å²) in [6, 6.07) is 9.91. The molecule has 2 heterocycles. The first-order valence-electron chi connectivity index (χ1n) is 9.02. The molecule has 1 saturated heterocycles. The summed E-state index contributed by atoms with van der Waals surface area (Å²) in [5, 5.41) is 2.04. The van der Waals surface area contributed by atoms with Crippen LogP contribution >= 0.6 is 11.3 Å². The highest BCUT2D eigenvalue weighted by atomic mass is 32.1. The lowest BCUT2D eigenvalue weighted by Gasteiger charge is -2.33. The number of carbonyl (C=O) groups excluding carboxylic acids is 1. The molecule has 5 nitrogen and oxygen atoms in total. The maximum absolute atomic E-state index is 13.0. The average molecular weight is 388 g/mol. The van der Waals surface area contributed by atoms with E-state index in [2.05, 4.69) is 6.07 Å². The van der Waals surface area contributed by atoms with E-state index < -0.39 is 0 Å². The summed E-state index contributed by atoms with van der Waals surface area (Å²) in [6.45, 7) is 2.05. The molecular weight excluding hydrogens is 362 g/mol. The summed E-state index contributed by atoms with van der Waals surface area (Å²) in [4.78, 5) is 16.1. The Hall–Kier alpha value is -2.31. The lowest BCUT2D eigenvalue weighted by atomic mass is 10.1. The van der Waals surface area contributed by atoms with Gasteiger partial charge in [-0.1, -0.05) is 12.1 Å². The first-order chi connectivity index (χ1) is 13.2. The SMILES string of the molecule is COc1ccc(/C=C/C(=O)N(Cc2cccs2)C2CCOCC2)cc1OC. The quantitative estimate of drug-likeness (QED) is 0.674. The van der Waals surface area contributed by atoms with Crippen molar-refractivity contribution in [1.29, 1.82) is 0 Å². The van der Waals surface area contributed by atoms with Crippen molar-refractivity contribution in [3.63, 3.8) is 0 Å². The number of benzene rings is 1. The largest absolute Gasteiger partial charge is 0.493 e. The Morgan fingerprint density at radius 2 is 2.00 bits per heavy atom. The van der Waals surface area contributed by atoms with E-state index in [1.807, 2.05) is 40.6 Å². The minimum absolute atomic E-state index is 0.0186. The van der Waals surface area contributed by atoms with E-state index in [0.717, 1.165) is 18.4 Å². The smallest absolute Gasteiger partial charge is 0.247 e. The second kappa shape index (κ2) is 9.58. The molecule has 1 aliphatic heterocycles. The van der Waals surface area contributed by atoms with Gasteiger partial charge in [0.05, 0.1) is 20.8 Å². The fourth-order valence-corrected chi connectivity index (χ4v) is 3.88. The van der Waals surface area contributed by atoms with Crippen LogP contribution < -0.4 is 9.47 Å². The van der Waals surface area contributed by atoms with Crippen molar-refractivity contribution in [2.75, 3.05) is 27.4 Å². The van der Waals surface area contributed by atoms with Crippen molar-refractivity contribution < 1.29 is 19.0 Å². The number of rotatable bonds is 7. The van der Waals surface area contributed by atoms with E-state index in [1.54, 1.807) is 31.6 Å². The molecule has 0 unspecified atom stereocenters. The molecule has 1 aliphatic rings. The summed E-state index contributed by atoms with van der Waals surface area (Å²) >= 11 is 1.68. The number of carbonyl (C=O) groups is 1. The zero-order valence-electron chi connectivity index (χ0n) is 15.7. The molecule has 27 heavy (non-hydrogen) atoms. The Morgan fingerprint density at radius 1 is 1.22 bits per heavy atom. The highest BCUT2D eigenvalue weighted by Crippen LogP contribution is 2.28. The van der Waals surface area contributed by atoms with E-state index in [1.165, 1.54) is 4.88 Å². The first kappa shape index (κ1) is 19.5. The molecule has 1 amide bonds. The lowest BCUT2D eigenvalue weighted by Crippen LogP contribution is -2.42. The normalized spacial score (nSPS) is 15.0. The van der Waals surface area contributed by atoms with Gasteiger partial charge in [-0.15, -0.1) is 11.3 Å². The van der Waals surface area contributed by atoms with Gasteiger partial charge in [0.1, 0.15) is 0 Å². The third kappa shape index (κ3) is 5.11. The fourth-order valence-electron chi connectivity index (χ4n) is 3.17. The topological polar surface area (TPSA) is 48.0 Å². The van der Waals surface area contributed by atoms with Crippen molar-refractivity contribution in [2.24, 2.45) is 0 Å². The van der Waals surface area contributed by atoms with Gasteiger partial charge in [0.15, 0.2) is 11.5 Å². The first-order valence-corrected chi connectivity index (χ1v) is 9.90. The van der Waals surface area contributed by atoms with Crippen LogP contribution in [-0.2, 0) is 16.1 Å². The standard InChI is InChI=1S/C21H25NO4S/c1-24-19-7-5-16(14-20(19)25-2)6-8-21(23)22(15-18-4-3-13-27-18)17-9-11-26-12-10-17/h3-8,13-14,17H,9-12,15H2,1-2H3/b8-6+. The molecule has 3 rings (SSSR count). The van der Waals surface area contributed by atoms with Gasteiger partial charge >= 0.3 is 0 Å². The molecule has 0 spiro atoms. The minimum Gasteiger partial charge on any atom is -0.493 e. The zero-order valence-corrected chi connectivity index (χ0v) is 16.5. The number of hydrogen-bond donors (Lipinski definition) is 0. The van der Waals surface area contributed by atoms with Crippen molar-refractivity contribution >= 4 is 23.3 Å². The minimum atomic E-state index is 0.0186. The van der Waals surface area contributed by atoms with Crippen molar-refractivity contribution in [2.45, 2.75) is 25.4 Å². The number of thiophene rings is 1. The Bertz CT molecular complexity index is 766. The second-order valence-electron chi connectivity index (χ2n) is 6.34. The molecule has 0 bridgehead atoms. The van der Waals surface area contributed by atoms with Gasteiger partial charge in [-0.25, -0.2) is 0 Å². The molecule has 144 valence electrons. The van der Waals surface area contributed by atoms with Gasteiger partial charge in [0.2, 0.25) is 5.91 Å². The van der Waals surface area contributed by atoms with Crippen LogP contribution in [-0.4, -0.2) is 44.3 Å². The zero-order chi connectivity index (χ0) is 19.1. The predicted molar refractivity (Wildman–Crippen MR) is 107 cm³/mol. The monoisotopic (exact) mass is 387 g/mol. The summed E-state index contributed by atoms with van der Waals surface area (Å²) < 4.78 is 16.1. The Kier molecular flexibility index (Phi) is 6.90. The maximum atomic E-state index is 13.0. The summed E-state index contributed by atoms with van der Waals surface area (Å²) in [5.41, 5.74) is 0.893. The van der Waals surface area contributed by atoms with Gasteiger partial charge in [0, 0.05) is 30.2 Å². The van der Waals surface area contributed by atoms with Crippen LogP contribution in [0.5, 0.6) is 11.5 Å². The number of ether oxygens (including phenoxy) is 3. The number of amides is 1. The van der Waals surface area contributed by atoms with Crippen LogP contribution in [0.2, 0.25) is 0 Å². The molecular formula is C21H25NO4S. The van der Waals surface area contributed by atoms with Crippen LogP contribution in [0, 0.1) is 0 Å². The molecule has 0 aliphatic carbocycles. The molecule has 0 N–H and O–H groups in total. The molecule has 6 heteroatoms. The molecule has 1 aromatic carbocycles. The number of nitrogens with zero attached hydrogens (tertiary/aromatic N) is 1. The van der Waals surface area contributed by atoms with Gasteiger partial charge in [0.25, 0.3) is 0 Å². The molecule has 1 aromatic heterocycles. The summed E-state index contributed by atoms with van der Waals surface area (Å²) in [7, 11) is 3.21.